The molecule has 20 heavy (non-hydrogen) atoms. The number of nitrogen functional groups attached to an aromatic ring is 1. The molecule has 0 fully saturated rings. The Labute approximate surface area is 114 Å². The van der Waals surface area contributed by atoms with Crippen molar-refractivity contribution in [2.24, 2.45) is 0 Å². The number of benzene rings is 1. The molecule has 0 saturated heterocycles. The smallest absolute Gasteiger partial charge is 0.227 e. The summed E-state index contributed by atoms with van der Waals surface area (Å²) in [6.45, 7) is 1.79. The molecule has 0 aliphatic carbocycles. The van der Waals surface area contributed by atoms with E-state index < -0.39 is 0 Å². The summed E-state index contributed by atoms with van der Waals surface area (Å²) in [6.07, 6.45) is 1.54. The lowest BCUT2D eigenvalue weighted by molar-refractivity contribution is 0.583. The molecule has 0 saturated carbocycles. The number of rotatable bonds is 2. The van der Waals surface area contributed by atoms with Crippen LogP contribution in [0.25, 0.3) is 22.9 Å². The van der Waals surface area contributed by atoms with E-state index in [9.17, 15) is 4.39 Å². The zero-order valence-electron chi connectivity index (χ0n) is 10.7. The maximum Gasteiger partial charge on any atom is 0.227 e. The van der Waals surface area contributed by atoms with Crippen molar-refractivity contribution >= 4 is 5.95 Å². The fourth-order valence-corrected chi connectivity index (χ4v) is 1.88. The van der Waals surface area contributed by atoms with E-state index in [-0.39, 0.29) is 11.8 Å². The molecule has 0 spiro atoms. The standard InChI is InChI=1S/C14H11FN4O/c1-8-12(11-5-6-17-14(16)19-11)20-13(18-8)9-3-2-4-10(15)7-9/h2-7H,1H3,(H2,16,17,19). The number of nitrogens with zero attached hydrogens (tertiary/aromatic N) is 3. The third-order valence-corrected chi connectivity index (χ3v) is 2.78. The van der Waals surface area contributed by atoms with Gasteiger partial charge in [0.1, 0.15) is 11.5 Å². The number of aromatic nitrogens is 3. The molecular weight excluding hydrogens is 259 g/mol. The molecular formula is C14H11FN4O. The van der Waals surface area contributed by atoms with Crippen LogP contribution in [-0.2, 0) is 0 Å². The van der Waals surface area contributed by atoms with E-state index in [4.69, 9.17) is 10.2 Å². The molecule has 1 aromatic carbocycles. The summed E-state index contributed by atoms with van der Waals surface area (Å²) in [7, 11) is 0. The fraction of sp³-hybridized carbons (Fsp3) is 0.0714. The normalized spacial score (nSPS) is 10.7. The molecule has 3 aromatic rings. The zero-order valence-corrected chi connectivity index (χ0v) is 10.7. The lowest BCUT2D eigenvalue weighted by atomic mass is 10.2. The Morgan fingerprint density at radius 2 is 2.05 bits per heavy atom. The first-order chi connectivity index (χ1) is 9.63. The number of hydrogen-bond donors (Lipinski definition) is 1. The zero-order chi connectivity index (χ0) is 14.1. The van der Waals surface area contributed by atoms with Gasteiger partial charge in [0.2, 0.25) is 11.8 Å². The first-order valence-corrected chi connectivity index (χ1v) is 5.96. The van der Waals surface area contributed by atoms with E-state index in [0.29, 0.717) is 28.6 Å². The van der Waals surface area contributed by atoms with Gasteiger partial charge in [-0.2, -0.15) is 0 Å². The molecule has 0 aliphatic heterocycles. The Morgan fingerprint density at radius 3 is 2.80 bits per heavy atom. The number of anilines is 1. The highest BCUT2D eigenvalue weighted by Crippen LogP contribution is 2.28. The Bertz CT molecular complexity index is 769. The molecule has 5 nitrogen and oxygen atoms in total. The van der Waals surface area contributed by atoms with E-state index in [1.807, 2.05) is 0 Å². The van der Waals surface area contributed by atoms with Crippen LogP contribution >= 0.6 is 0 Å². The van der Waals surface area contributed by atoms with Crippen LogP contribution in [0, 0.1) is 12.7 Å². The van der Waals surface area contributed by atoms with Gasteiger partial charge in [-0.3, -0.25) is 0 Å². The van der Waals surface area contributed by atoms with Crippen LogP contribution < -0.4 is 5.73 Å². The van der Waals surface area contributed by atoms with E-state index >= 15 is 0 Å². The van der Waals surface area contributed by atoms with E-state index in [2.05, 4.69) is 15.0 Å². The molecule has 3 rings (SSSR count). The highest BCUT2D eigenvalue weighted by Gasteiger charge is 2.15. The average molecular weight is 270 g/mol. The Morgan fingerprint density at radius 1 is 1.20 bits per heavy atom. The summed E-state index contributed by atoms with van der Waals surface area (Å²) in [5.41, 5.74) is 7.32. The number of oxazole rings is 1. The maximum absolute atomic E-state index is 13.2. The number of halogens is 1. The topological polar surface area (TPSA) is 77.8 Å². The van der Waals surface area contributed by atoms with Crippen molar-refractivity contribution in [3.8, 4) is 22.9 Å². The molecule has 0 radical (unpaired) electrons. The molecule has 2 N–H and O–H groups in total. The van der Waals surface area contributed by atoms with Crippen molar-refractivity contribution in [3.05, 3.63) is 48.0 Å². The molecule has 0 amide bonds. The van der Waals surface area contributed by atoms with E-state index in [0.717, 1.165) is 0 Å². The summed E-state index contributed by atoms with van der Waals surface area (Å²) in [5, 5.41) is 0. The SMILES string of the molecule is Cc1nc(-c2cccc(F)c2)oc1-c1ccnc(N)n1. The molecule has 0 aliphatic rings. The lowest BCUT2D eigenvalue weighted by Gasteiger charge is -1.98. The van der Waals surface area contributed by atoms with E-state index in [1.54, 1.807) is 31.3 Å². The summed E-state index contributed by atoms with van der Waals surface area (Å²) >= 11 is 0. The minimum atomic E-state index is -0.341. The van der Waals surface area contributed by atoms with Crippen molar-refractivity contribution in [2.45, 2.75) is 6.92 Å². The maximum atomic E-state index is 13.2. The Kier molecular flexibility index (Phi) is 2.90. The largest absolute Gasteiger partial charge is 0.434 e. The van der Waals surface area contributed by atoms with Gasteiger partial charge in [0, 0.05) is 11.8 Å². The second-order valence-corrected chi connectivity index (χ2v) is 4.24. The van der Waals surface area contributed by atoms with Gasteiger partial charge < -0.3 is 10.2 Å². The average Bonchev–Trinajstić information content (AvgIpc) is 2.81. The van der Waals surface area contributed by atoms with E-state index in [1.165, 1.54) is 12.1 Å². The summed E-state index contributed by atoms with van der Waals surface area (Å²) in [4.78, 5) is 12.2. The van der Waals surface area contributed by atoms with Gasteiger partial charge in [-0.25, -0.2) is 19.3 Å². The Hall–Kier alpha value is -2.76. The van der Waals surface area contributed by atoms with Crippen LogP contribution in [0.3, 0.4) is 0 Å². The first kappa shape index (κ1) is 12.3. The number of aryl methyl sites for hydroxylation is 1. The van der Waals surface area contributed by atoms with Crippen molar-refractivity contribution in [2.75, 3.05) is 5.73 Å². The van der Waals surface area contributed by atoms with Gasteiger partial charge in [0.05, 0.1) is 5.69 Å². The van der Waals surface area contributed by atoms with Crippen molar-refractivity contribution < 1.29 is 8.81 Å². The van der Waals surface area contributed by atoms with Crippen LogP contribution in [0.5, 0.6) is 0 Å². The molecule has 100 valence electrons. The predicted octanol–water partition coefficient (Wildman–Crippen LogP) is 2.83. The molecule has 2 aromatic heterocycles. The van der Waals surface area contributed by atoms with Crippen molar-refractivity contribution in [3.63, 3.8) is 0 Å². The summed E-state index contributed by atoms with van der Waals surface area (Å²) in [6, 6.07) is 7.74. The fourth-order valence-electron chi connectivity index (χ4n) is 1.88. The second-order valence-electron chi connectivity index (χ2n) is 4.24. The summed E-state index contributed by atoms with van der Waals surface area (Å²) < 4.78 is 18.9. The highest BCUT2D eigenvalue weighted by atomic mass is 19.1. The van der Waals surface area contributed by atoms with Crippen LogP contribution in [0.4, 0.5) is 10.3 Å². The van der Waals surface area contributed by atoms with Gasteiger partial charge in [-0.15, -0.1) is 0 Å². The number of hydrogen-bond acceptors (Lipinski definition) is 5. The third-order valence-electron chi connectivity index (χ3n) is 2.78. The molecule has 0 bridgehead atoms. The van der Waals surface area contributed by atoms with Crippen molar-refractivity contribution in [1.29, 1.82) is 0 Å². The number of nitrogens with two attached hydrogens (primary N) is 1. The molecule has 2 heterocycles. The van der Waals surface area contributed by atoms with Gasteiger partial charge in [-0.1, -0.05) is 6.07 Å². The molecule has 6 heteroatoms. The van der Waals surface area contributed by atoms with Crippen LogP contribution in [0.1, 0.15) is 5.69 Å². The molecule has 0 unspecified atom stereocenters. The third kappa shape index (κ3) is 2.23. The van der Waals surface area contributed by atoms with Gasteiger partial charge in [0.25, 0.3) is 0 Å². The monoisotopic (exact) mass is 270 g/mol. The Balaban J connectivity index is 2.08. The van der Waals surface area contributed by atoms with Gasteiger partial charge >= 0.3 is 0 Å². The van der Waals surface area contributed by atoms with Crippen LogP contribution in [0.15, 0.2) is 40.9 Å². The van der Waals surface area contributed by atoms with Crippen molar-refractivity contribution in [1.82, 2.24) is 15.0 Å². The quantitative estimate of drug-likeness (QED) is 0.774. The first-order valence-electron chi connectivity index (χ1n) is 5.96. The van der Waals surface area contributed by atoms with Crippen LogP contribution in [-0.4, -0.2) is 15.0 Å². The minimum absolute atomic E-state index is 0.158. The summed E-state index contributed by atoms with van der Waals surface area (Å²) in [5.74, 6) is 0.657. The second kappa shape index (κ2) is 4.73. The van der Waals surface area contributed by atoms with Gasteiger partial charge in [-0.05, 0) is 31.2 Å². The van der Waals surface area contributed by atoms with Crippen LogP contribution in [0.2, 0.25) is 0 Å². The lowest BCUT2D eigenvalue weighted by Crippen LogP contribution is -1.95. The van der Waals surface area contributed by atoms with Gasteiger partial charge in [0.15, 0.2) is 5.76 Å². The minimum Gasteiger partial charge on any atom is -0.434 e. The highest BCUT2D eigenvalue weighted by molar-refractivity contribution is 5.61. The predicted molar refractivity (Wildman–Crippen MR) is 72.1 cm³/mol. The molecule has 0 atom stereocenters.